The van der Waals surface area contributed by atoms with E-state index in [0.717, 1.165) is 19.4 Å². The molecule has 5 aliphatic heterocycles. The van der Waals surface area contributed by atoms with E-state index in [1.54, 1.807) is 0 Å². The normalized spacial score (nSPS) is 25.5. The fourth-order valence-corrected chi connectivity index (χ4v) is 7.38. The number of anilines is 1. The molecule has 3 fully saturated rings. The third kappa shape index (κ3) is 5.05. The lowest BCUT2D eigenvalue weighted by molar-refractivity contribution is -0.00449. The van der Waals surface area contributed by atoms with Crippen molar-refractivity contribution in [1.82, 2.24) is 30.0 Å². The first-order chi connectivity index (χ1) is 22.4. The zero-order valence-electron chi connectivity index (χ0n) is 24.9. The number of pyridine rings is 1. The van der Waals surface area contributed by atoms with E-state index in [9.17, 15) is 9.18 Å². The molecule has 0 saturated carbocycles. The molecular weight excluding hydrogens is 607 g/mol. The zero-order valence-corrected chi connectivity index (χ0v) is 24.9. The SMILES string of the molecule is O=C1OCCCc2c(F)cc3[nH]ncc3c2-c2ncc3c(nc(OC[C@@]45CCCN4C[C@H](F)C5)nc3c2F)N2CCOC[C@H](C2)O1. The highest BCUT2D eigenvalue weighted by atomic mass is 19.1. The number of hydrogen-bond acceptors (Lipinski definition) is 11. The number of benzene rings is 1. The summed E-state index contributed by atoms with van der Waals surface area (Å²) in [5, 5.41) is 7.57. The Kier molecular flexibility index (Phi) is 7.31. The lowest BCUT2D eigenvalue weighted by atomic mass is 9.95. The topological polar surface area (TPSA) is 128 Å². The lowest BCUT2D eigenvalue weighted by Gasteiger charge is -2.31. The van der Waals surface area contributed by atoms with Gasteiger partial charge in [-0.05, 0) is 43.9 Å². The third-order valence-electron chi connectivity index (χ3n) is 9.50. The fourth-order valence-electron chi connectivity index (χ4n) is 7.38. The largest absolute Gasteiger partial charge is 0.508 e. The van der Waals surface area contributed by atoms with Crippen LogP contribution in [0, 0.1) is 11.6 Å². The molecule has 4 aromatic rings. The highest BCUT2D eigenvalue weighted by Crippen LogP contribution is 2.41. The standard InChI is InChI=1S/C31H32F3N7O5/c32-17-10-31(4-2-5-41(31)13-17)16-45-29-37-26-21-11-35-27(25(26)34)24-19(22(33)9-23-20(24)12-36-39-23)3-1-7-44-30(42)46-18-14-40(28(21)38-29)6-8-43-15-18/h9,11-12,17-18H,1-8,10,13-16H2,(H,36,39)/t17-,18+,31+/m1/s1. The molecule has 3 saturated heterocycles. The van der Waals surface area contributed by atoms with Crippen LogP contribution in [0.3, 0.4) is 0 Å². The molecule has 1 aromatic carbocycles. The summed E-state index contributed by atoms with van der Waals surface area (Å²) in [5.74, 6) is -1.05. The highest BCUT2D eigenvalue weighted by molar-refractivity contribution is 5.99. The number of nitrogens with one attached hydrogen (secondary N) is 1. The van der Waals surface area contributed by atoms with Gasteiger partial charge in [-0.3, -0.25) is 15.0 Å². The minimum atomic E-state index is -0.948. The van der Waals surface area contributed by atoms with Crippen LogP contribution in [0.5, 0.6) is 6.01 Å². The monoisotopic (exact) mass is 639 g/mol. The molecule has 6 bridgehead atoms. The summed E-state index contributed by atoms with van der Waals surface area (Å²) in [7, 11) is 0. The van der Waals surface area contributed by atoms with E-state index >= 15 is 8.78 Å². The number of nitrogens with zero attached hydrogens (tertiary/aromatic N) is 6. The van der Waals surface area contributed by atoms with E-state index in [1.807, 2.05) is 4.90 Å². The van der Waals surface area contributed by atoms with Crippen LogP contribution in [0.15, 0.2) is 18.5 Å². The molecule has 3 atom stereocenters. The summed E-state index contributed by atoms with van der Waals surface area (Å²) in [5.41, 5.74) is 0.142. The molecule has 3 aromatic heterocycles. The predicted octanol–water partition coefficient (Wildman–Crippen LogP) is 4.11. The van der Waals surface area contributed by atoms with Crippen molar-refractivity contribution in [3.8, 4) is 17.3 Å². The number of H-pyrrole nitrogens is 1. The molecule has 5 aliphatic rings. The smallest absolute Gasteiger partial charge is 0.461 e. The molecule has 46 heavy (non-hydrogen) atoms. The van der Waals surface area contributed by atoms with Gasteiger partial charge in [-0.2, -0.15) is 15.1 Å². The van der Waals surface area contributed by atoms with Gasteiger partial charge >= 0.3 is 12.2 Å². The fraction of sp³-hybridized carbons (Fsp3) is 0.516. The summed E-state index contributed by atoms with van der Waals surface area (Å²) < 4.78 is 69.7. The van der Waals surface area contributed by atoms with Gasteiger partial charge in [-0.25, -0.2) is 18.0 Å². The van der Waals surface area contributed by atoms with E-state index in [1.165, 1.54) is 18.5 Å². The highest BCUT2D eigenvalue weighted by Gasteiger charge is 2.49. The van der Waals surface area contributed by atoms with Crippen molar-refractivity contribution in [3.63, 3.8) is 0 Å². The Balaban J connectivity index is 1.30. The van der Waals surface area contributed by atoms with Crippen molar-refractivity contribution in [2.45, 2.75) is 49.9 Å². The van der Waals surface area contributed by atoms with Crippen molar-refractivity contribution in [2.75, 3.05) is 57.5 Å². The van der Waals surface area contributed by atoms with E-state index in [2.05, 4.69) is 25.1 Å². The maximum absolute atomic E-state index is 16.9. The Hall–Kier alpha value is -4.24. The first kappa shape index (κ1) is 29.2. The number of aromatic nitrogens is 5. The van der Waals surface area contributed by atoms with Crippen LogP contribution < -0.4 is 9.64 Å². The van der Waals surface area contributed by atoms with Gasteiger partial charge in [0.15, 0.2) is 5.82 Å². The Morgan fingerprint density at radius 3 is 2.93 bits per heavy atom. The molecule has 8 heterocycles. The summed E-state index contributed by atoms with van der Waals surface area (Å²) in [6.45, 7) is 2.16. The van der Waals surface area contributed by atoms with Gasteiger partial charge in [0.05, 0.1) is 49.0 Å². The summed E-state index contributed by atoms with van der Waals surface area (Å²) >= 11 is 0. The minimum Gasteiger partial charge on any atom is -0.461 e. The van der Waals surface area contributed by atoms with Gasteiger partial charge in [0.1, 0.15) is 41.7 Å². The first-order valence-corrected chi connectivity index (χ1v) is 15.6. The van der Waals surface area contributed by atoms with Crippen LogP contribution in [0.2, 0.25) is 0 Å². The maximum atomic E-state index is 16.9. The molecule has 9 rings (SSSR count). The third-order valence-corrected chi connectivity index (χ3v) is 9.50. The molecule has 12 nitrogen and oxygen atoms in total. The molecule has 242 valence electrons. The average molecular weight is 640 g/mol. The van der Waals surface area contributed by atoms with Gasteiger partial charge in [0, 0.05) is 36.7 Å². The number of ether oxygens (including phenoxy) is 4. The van der Waals surface area contributed by atoms with E-state index in [4.69, 9.17) is 23.9 Å². The Bertz CT molecular complexity index is 1820. The number of carbonyl (C=O) groups excluding carboxylic acids is 1. The van der Waals surface area contributed by atoms with Gasteiger partial charge in [0.2, 0.25) is 0 Å². The molecule has 0 radical (unpaired) electrons. The Morgan fingerprint density at radius 2 is 2.02 bits per heavy atom. The Labute approximate surface area is 261 Å². The molecule has 0 amide bonds. The van der Waals surface area contributed by atoms with E-state index in [-0.39, 0.29) is 79.5 Å². The first-order valence-electron chi connectivity index (χ1n) is 15.6. The molecule has 1 N–H and O–H groups in total. The van der Waals surface area contributed by atoms with Gasteiger partial charge in [-0.15, -0.1) is 0 Å². The average Bonchev–Trinajstić information content (AvgIpc) is 3.68. The molecule has 0 spiro atoms. The van der Waals surface area contributed by atoms with Crippen molar-refractivity contribution in [2.24, 2.45) is 0 Å². The van der Waals surface area contributed by atoms with E-state index < -0.39 is 35.6 Å². The van der Waals surface area contributed by atoms with Crippen LogP contribution in [-0.2, 0) is 20.6 Å². The summed E-state index contributed by atoms with van der Waals surface area (Å²) in [6, 6.07) is 1.22. The molecule has 15 heteroatoms. The zero-order chi connectivity index (χ0) is 31.4. The van der Waals surface area contributed by atoms with Crippen LogP contribution in [0.4, 0.5) is 23.8 Å². The lowest BCUT2D eigenvalue weighted by Crippen LogP contribution is -2.43. The van der Waals surface area contributed by atoms with Crippen molar-refractivity contribution < 1.29 is 36.9 Å². The number of aromatic amines is 1. The van der Waals surface area contributed by atoms with Crippen LogP contribution in [-0.4, -0.2) is 107 Å². The number of hydrogen-bond donors (Lipinski definition) is 1. The number of rotatable bonds is 3. The second-order valence-electron chi connectivity index (χ2n) is 12.4. The van der Waals surface area contributed by atoms with Crippen molar-refractivity contribution >= 4 is 33.8 Å². The number of carbonyl (C=O) groups is 1. The van der Waals surface area contributed by atoms with Crippen LogP contribution >= 0.6 is 0 Å². The predicted molar refractivity (Wildman–Crippen MR) is 158 cm³/mol. The minimum absolute atomic E-state index is 0.0434. The molecule has 0 unspecified atom stereocenters. The van der Waals surface area contributed by atoms with Gasteiger partial charge in [0.25, 0.3) is 0 Å². The van der Waals surface area contributed by atoms with Gasteiger partial charge in [-0.1, -0.05) is 0 Å². The number of halogens is 3. The maximum Gasteiger partial charge on any atom is 0.508 e. The molecular formula is C31H32F3N7O5. The van der Waals surface area contributed by atoms with Crippen molar-refractivity contribution in [3.05, 3.63) is 35.7 Å². The van der Waals surface area contributed by atoms with Gasteiger partial charge < -0.3 is 23.8 Å². The second-order valence-corrected chi connectivity index (χ2v) is 12.4. The number of fused-ring (bicyclic) bond motifs is 8. The van der Waals surface area contributed by atoms with Crippen LogP contribution in [0.1, 0.15) is 31.2 Å². The quantitative estimate of drug-likeness (QED) is 0.326. The van der Waals surface area contributed by atoms with Crippen LogP contribution in [0.25, 0.3) is 33.1 Å². The Morgan fingerprint density at radius 1 is 1.11 bits per heavy atom. The van der Waals surface area contributed by atoms with Crippen molar-refractivity contribution in [1.29, 1.82) is 0 Å². The summed E-state index contributed by atoms with van der Waals surface area (Å²) in [4.78, 5) is 30.3. The van der Waals surface area contributed by atoms with E-state index in [0.29, 0.717) is 36.2 Å². The second kappa shape index (κ2) is 11.5. The molecule has 0 aliphatic carbocycles. The number of alkyl halides is 1. The summed E-state index contributed by atoms with van der Waals surface area (Å²) in [6.07, 6.45) is 2.84.